The van der Waals surface area contributed by atoms with E-state index in [2.05, 4.69) is 5.32 Å². The van der Waals surface area contributed by atoms with Crippen LogP contribution in [0.1, 0.15) is 34.5 Å². The minimum atomic E-state index is -0.519. The van der Waals surface area contributed by atoms with Crippen molar-refractivity contribution >= 4 is 23.5 Å². The maximum absolute atomic E-state index is 11.9. The number of carbonyl (C=O) groups is 2. The molecule has 0 saturated carbocycles. The Hall–Kier alpha value is -2.33. The summed E-state index contributed by atoms with van der Waals surface area (Å²) in [5, 5.41) is 3.34. The van der Waals surface area contributed by atoms with Gasteiger partial charge in [0.15, 0.2) is 6.61 Å². The summed E-state index contributed by atoms with van der Waals surface area (Å²) in [6.07, 6.45) is 0. The molecule has 4 nitrogen and oxygen atoms in total. The van der Waals surface area contributed by atoms with Gasteiger partial charge in [-0.2, -0.15) is 0 Å². The first-order valence-corrected chi connectivity index (χ1v) is 7.62. The number of amides is 1. The van der Waals surface area contributed by atoms with Crippen LogP contribution in [0.25, 0.3) is 0 Å². The summed E-state index contributed by atoms with van der Waals surface area (Å²) in [6, 6.07) is 14.0. The van der Waals surface area contributed by atoms with Crippen LogP contribution in [0.3, 0.4) is 0 Å². The van der Waals surface area contributed by atoms with Crippen LogP contribution in [0.15, 0.2) is 48.5 Å². The molecule has 0 aliphatic rings. The van der Waals surface area contributed by atoms with Gasteiger partial charge in [-0.1, -0.05) is 47.5 Å². The van der Waals surface area contributed by atoms with Gasteiger partial charge in [0.2, 0.25) is 0 Å². The van der Waals surface area contributed by atoms with E-state index in [1.54, 1.807) is 24.3 Å². The van der Waals surface area contributed by atoms with E-state index in [4.69, 9.17) is 16.3 Å². The lowest BCUT2D eigenvalue weighted by Gasteiger charge is -2.15. The van der Waals surface area contributed by atoms with Gasteiger partial charge < -0.3 is 10.1 Å². The molecule has 0 unspecified atom stereocenters. The molecule has 2 aromatic rings. The SMILES string of the molecule is Cc1cccc(C(=O)OCC(=O)N[C@H](C)c2ccccc2Cl)c1. The van der Waals surface area contributed by atoms with Gasteiger partial charge in [-0.25, -0.2) is 4.79 Å². The van der Waals surface area contributed by atoms with Crippen molar-refractivity contribution in [2.45, 2.75) is 19.9 Å². The zero-order chi connectivity index (χ0) is 16.8. The molecule has 0 spiro atoms. The van der Waals surface area contributed by atoms with Crippen LogP contribution in [-0.4, -0.2) is 18.5 Å². The zero-order valence-corrected chi connectivity index (χ0v) is 13.8. The molecule has 120 valence electrons. The number of benzene rings is 2. The first kappa shape index (κ1) is 17.0. The monoisotopic (exact) mass is 331 g/mol. The molecular formula is C18H18ClNO3. The Morgan fingerprint density at radius 3 is 2.61 bits per heavy atom. The molecule has 23 heavy (non-hydrogen) atoms. The lowest BCUT2D eigenvalue weighted by Crippen LogP contribution is -2.31. The van der Waals surface area contributed by atoms with E-state index in [1.807, 2.05) is 38.1 Å². The fraction of sp³-hybridized carbons (Fsp3) is 0.222. The fourth-order valence-corrected chi connectivity index (χ4v) is 2.47. The van der Waals surface area contributed by atoms with E-state index < -0.39 is 5.97 Å². The van der Waals surface area contributed by atoms with Crippen LogP contribution in [0.5, 0.6) is 0 Å². The molecule has 2 rings (SSSR count). The molecule has 2 aromatic carbocycles. The molecule has 0 aromatic heterocycles. The highest BCUT2D eigenvalue weighted by atomic mass is 35.5. The Balaban J connectivity index is 1.88. The normalized spacial score (nSPS) is 11.6. The molecule has 0 aliphatic carbocycles. The van der Waals surface area contributed by atoms with Crippen LogP contribution in [0.4, 0.5) is 0 Å². The number of ether oxygens (including phenoxy) is 1. The fourth-order valence-electron chi connectivity index (χ4n) is 2.17. The van der Waals surface area contributed by atoms with Gasteiger partial charge in [0.25, 0.3) is 5.91 Å². The Kier molecular flexibility index (Phi) is 5.77. The van der Waals surface area contributed by atoms with E-state index in [9.17, 15) is 9.59 Å². The summed E-state index contributed by atoms with van der Waals surface area (Å²) < 4.78 is 5.03. The van der Waals surface area contributed by atoms with E-state index in [1.165, 1.54) is 0 Å². The summed E-state index contributed by atoms with van der Waals surface area (Å²) in [7, 11) is 0. The largest absolute Gasteiger partial charge is 0.452 e. The number of rotatable bonds is 5. The molecule has 0 aliphatic heterocycles. The molecule has 0 radical (unpaired) electrons. The van der Waals surface area contributed by atoms with E-state index in [0.717, 1.165) is 11.1 Å². The van der Waals surface area contributed by atoms with E-state index in [0.29, 0.717) is 10.6 Å². The molecule has 1 amide bonds. The second-order valence-electron chi connectivity index (χ2n) is 5.26. The summed E-state index contributed by atoms with van der Waals surface area (Å²) in [5.74, 6) is -0.896. The number of nitrogens with one attached hydrogen (secondary N) is 1. The predicted molar refractivity (Wildman–Crippen MR) is 89.5 cm³/mol. The number of aryl methyl sites for hydroxylation is 1. The van der Waals surface area contributed by atoms with Crippen LogP contribution in [0.2, 0.25) is 5.02 Å². The van der Waals surface area contributed by atoms with Crippen LogP contribution >= 0.6 is 11.6 Å². The lowest BCUT2D eigenvalue weighted by atomic mass is 10.1. The quantitative estimate of drug-likeness (QED) is 0.850. The average molecular weight is 332 g/mol. The summed E-state index contributed by atoms with van der Waals surface area (Å²) >= 11 is 6.09. The lowest BCUT2D eigenvalue weighted by molar-refractivity contribution is -0.124. The van der Waals surface area contributed by atoms with Gasteiger partial charge in [-0.15, -0.1) is 0 Å². The Labute approximate surface area is 140 Å². The van der Waals surface area contributed by atoms with Crippen LogP contribution < -0.4 is 5.32 Å². The molecule has 0 heterocycles. The van der Waals surface area contributed by atoms with Crippen molar-refractivity contribution in [3.05, 3.63) is 70.2 Å². The van der Waals surface area contributed by atoms with Gasteiger partial charge in [0.05, 0.1) is 11.6 Å². The summed E-state index contributed by atoms with van der Waals surface area (Å²) in [4.78, 5) is 23.8. The maximum Gasteiger partial charge on any atom is 0.338 e. The van der Waals surface area contributed by atoms with Gasteiger partial charge in [0, 0.05) is 5.02 Å². The van der Waals surface area contributed by atoms with E-state index >= 15 is 0 Å². The molecule has 1 atom stereocenters. The molecular weight excluding hydrogens is 314 g/mol. The number of hydrogen-bond donors (Lipinski definition) is 1. The van der Waals surface area contributed by atoms with Gasteiger partial charge >= 0.3 is 5.97 Å². The second-order valence-corrected chi connectivity index (χ2v) is 5.66. The molecule has 5 heteroatoms. The van der Waals surface area contributed by atoms with Crippen molar-refractivity contribution < 1.29 is 14.3 Å². The zero-order valence-electron chi connectivity index (χ0n) is 13.0. The highest BCUT2D eigenvalue weighted by molar-refractivity contribution is 6.31. The van der Waals surface area contributed by atoms with Crippen LogP contribution in [-0.2, 0) is 9.53 Å². The first-order valence-electron chi connectivity index (χ1n) is 7.25. The number of halogens is 1. The third-order valence-corrected chi connectivity index (χ3v) is 3.68. The number of hydrogen-bond acceptors (Lipinski definition) is 3. The van der Waals surface area contributed by atoms with Crippen molar-refractivity contribution in [1.29, 1.82) is 0 Å². The topological polar surface area (TPSA) is 55.4 Å². The molecule has 1 N–H and O–H groups in total. The van der Waals surface area contributed by atoms with Crippen molar-refractivity contribution in [2.75, 3.05) is 6.61 Å². The van der Waals surface area contributed by atoms with Crippen molar-refractivity contribution in [2.24, 2.45) is 0 Å². The third kappa shape index (κ3) is 4.83. The molecule has 0 fully saturated rings. The maximum atomic E-state index is 11.9. The van der Waals surface area contributed by atoms with Crippen molar-refractivity contribution in [3.63, 3.8) is 0 Å². The molecule has 0 saturated heterocycles. The van der Waals surface area contributed by atoms with E-state index in [-0.39, 0.29) is 18.6 Å². The van der Waals surface area contributed by atoms with Gasteiger partial charge in [0.1, 0.15) is 0 Å². The summed E-state index contributed by atoms with van der Waals surface area (Å²) in [6.45, 7) is 3.37. The average Bonchev–Trinajstić information content (AvgIpc) is 2.53. The van der Waals surface area contributed by atoms with Crippen LogP contribution in [0, 0.1) is 6.92 Å². The van der Waals surface area contributed by atoms with Crippen molar-refractivity contribution in [3.8, 4) is 0 Å². The standard InChI is InChI=1S/C18H18ClNO3/c1-12-6-5-7-14(10-12)18(22)23-11-17(21)20-13(2)15-8-3-4-9-16(15)19/h3-10,13H,11H2,1-2H3,(H,20,21)/t13-/m1/s1. The second kappa shape index (κ2) is 7.79. The smallest absolute Gasteiger partial charge is 0.338 e. The Morgan fingerprint density at radius 2 is 1.91 bits per heavy atom. The Bertz CT molecular complexity index is 715. The van der Waals surface area contributed by atoms with Gasteiger partial charge in [-0.05, 0) is 37.6 Å². The highest BCUT2D eigenvalue weighted by Gasteiger charge is 2.14. The Morgan fingerprint density at radius 1 is 1.17 bits per heavy atom. The highest BCUT2D eigenvalue weighted by Crippen LogP contribution is 2.21. The van der Waals surface area contributed by atoms with Crippen molar-refractivity contribution in [1.82, 2.24) is 5.32 Å². The minimum Gasteiger partial charge on any atom is -0.452 e. The number of esters is 1. The summed E-state index contributed by atoms with van der Waals surface area (Å²) in [5.41, 5.74) is 2.20. The van der Waals surface area contributed by atoms with Gasteiger partial charge in [-0.3, -0.25) is 4.79 Å². The first-order chi connectivity index (χ1) is 11.0. The third-order valence-electron chi connectivity index (χ3n) is 3.34. The minimum absolute atomic E-state index is 0.270. The molecule has 0 bridgehead atoms. The number of carbonyl (C=O) groups excluding carboxylic acids is 2. The predicted octanol–water partition coefficient (Wildman–Crippen LogP) is 3.68.